The van der Waals surface area contributed by atoms with Crippen molar-refractivity contribution < 1.29 is 0 Å². The third-order valence-corrected chi connectivity index (χ3v) is 2.09. The lowest BCUT2D eigenvalue weighted by Crippen LogP contribution is -2.31. The van der Waals surface area contributed by atoms with Crippen molar-refractivity contribution in [1.82, 2.24) is 5.43 Å². The summed E-state index contributed by atoms with van der Waals surface area (Å²) in [6.07, 6.45) is 8.48. The Balaban J connectivity index is 3.15. The molecule has 0 radical (unpaired) electrons. The van der Waals surface area contributed by atoms with Gasteiger partial charge < -0.3 is 11.3 Å². The predicted molar refractivity (Wildman–Crippen MR) is 56.9 cm³/mol. The SMILES string of the molecule is CCCCCCCCC(=NN)NN. The second-order valence-corrected chi connectivity index (χ2v) is 3.24. The first-order valence-corrected chi connectivity index (χ1v) is 5.08. The van der Waals surface area contributed by atoms with Crippen LogP contribution in [0.15, 0.2) is 5.10 Å². The van der Waals surface area contributed by atoms with Crippen LogP contribution in [0, 0.1) is 0 Å². The highest BCUT2D eigenvalue weighted by Gasteiger charge is 1.95. The van der Waals surface area contributed by atoms with Gasteiger partial charge in [0.1, 0.15) is 5.84 Å². The third kappa shape index (κ3) is 7.59. The van der Waals surface area contributed by atoms with E-state index in [4.69, 9.17) is 11.7 Å². The number of hydrazine groups is 1. The van der Waals surface area contributed by atoms with Crippen LogP contribution in [-0.2, 0) is 0 Å². The summed E-state index contributed by atoms with van der Waals surface area (Å²) < 4.78 is 0. The van der Waals surface area contributed by atoms with Crippen LogP contribution in [0.1, 0.15) is 51.9 Å². The van der Waals surface area contributed by atoms with Crippen molar-refractivity contribution in [3.05, 3.63) is 0 Å². The average molecular weight is 186 g/mol. The van der Waals surface area contributed by atoms with Crippen LogP contribution >= 0.6 is 0 Å². The summed E-state index contributed by atoms with van der Waals surface area (Å²) in [6, 6.07) is 0. The molecule has 0 bridgehead atoms. The van der Waals surface area contributed by atoms with Gasteiger partial charge in [0, 0.05) is 6.42 Å². The Morgan fingerprint density at radius 2 is 1.77 bits per heavy atom. The zero-order valence-corrected chi connectivity index (χ0v) is 8.55. The minimum absolute atomic E-state index is 0.690. The molecule has 0 aromatic rings. The van der Waals surface area contributed by atoms with Crippen molar-refractivity contribution in [2.24, 2.45) is 16.8 Å². The lowest BCUT2D eigenvalue weighted by atomic mass is 10.1. The number of hydrogen-bond acceptors (Lipinski definition) is 3. The van der Waals surface area contributed by atoms with Crippen molar-refractivity contribution in [2.75, 3.05) is 0 Å². The molecule has 0 aliphatic heterocycles. The zero-order valence-electron chi connectivity index (χ0n) is 8.55. The van der Waals surface area contributed by atoms with Gasteiger partial charge in [0.2, 0.25) is 0 Å². The maximum Gasteiger partial charge on any atom is 0.135 e. The Morgan fingerprint density at radius 1 is 1.15 bits per heavy atom. The van der Waals surface area contributed by atoms with E-state index in [0.717, 1.165) is 12.8 Å². The number of hydrazone groups is 1. The number of nitrogens with two attached hydrogens (primary N) is 2. The summed E-state index contributed by atoms with van der Waals surface area (Å²) in [5, 5.41) is 3.52. The molecule has 0 rings (SSSR count). The first-order chi connectivity index (χ1) is 6.35. The first kappa shape index (κ1) is 12.2. The van der Waals surface area contributed by atoms with E-state index in [2.05, 4.69) is 17.5 Å². The second kappa shape index (κ2) is 9.32. The quantitative estimate of drug-likeness (QED) is 0.185. The van der Waals surface area contributed by atoms with E-state index in [-0.39, 0.29) is 0 Å². The van der Waals surface area contributed by atoms with Crippen LogP contribution < -0.4 is 17.1 Å². The topological polar surface area (TPSA) is 76.4 Å². The van der Waals surface area contributed by atoms with Crippen molar-refractivity contribution in [2.45, 2.75) is 51.9 Å². The molecule has 4 nitrogen and oxygen atoms in total. The van der Waals surface area contributed by atoms with Crippen molar-refractivity contribution in [3.63, 3.8) is 0 Å². The van der Waals surface area contributed by atoms with Gasteiger partial charge in [0.05, 0.1) is 0 Å². The summed E-state index contributed by atoms with van der Waals surface area (Å²) in [7, 11) is 0. The van der Waals surface area contributed by atoms with Crippen molar-refractivity contribution in [3.8, 4) is 0 Å². The van der Waals surface area contributed by atoms with E-state index in [1.165, 1.54) is 32.1 Å². The molecule has 0 aliphatic carbocycles. The molecular weight excluding hydrogens is 164 g/mol. The van der Waals surface area contributed by atoms with E-state index in [0.29, 0.717) is 5.84 Å². The van der Waals surface area contributed by atoms with Gasteiger partial charge in [-0.3, -0.25) is 0 Å². The molecule has 0 spiro atoms. The van der Waals surface area contributed by atoms with Gasteiger partial charge >= 0.3 is 0 Å². The molecule has 0 aromatic heterocycles. The predicted octanol–water partition coefficient (Wildman–Crippen LogP) is 1.47. The van der Waals surface area contributed by atoms with Gasteiger partial charge in [-0.05, 0) is 6.42 Å². The molecule has 0 aromatic carbocycles. The maximum atomic E-state index is 5.18. The van der Waals surface area contributed by atoms with E-state index < -0.39 is 0 Å². The summed E-state index contributed by atoms with van der Waals surface area (Å²) >= 11 is 0. The van der Waals surface area contributed by atoms with Gasteiger partial charge in [0.25, 0.3) is 0 Å². The minimum Gasteiger partial charge on any atom is -0.322 e. The number of nitrogens with one attached hydrogen (secondary N) is 1. The van der Waals surface area contributed by atoms with Gasteiger partial charge in [0.15, 0.2) is 0 Å². The summed E-state index contributed by atoms with van der Waals surface area (Å²) in [6.45, 7) is 2.22. The summed E-state index contributed by atoms with van der Waals surface area (Å²) in [5.41, 5.74) is 2.48. The second-order valence-electron chi connectivity index (χ2n) is 3.24. The highest BCUT2D eigenvalue weighted by atomic mass is 15.3. The molecule has 0 saturated heterocycles. The van der Waals surface area contributed by atoms with Crippen LogP contribution in [0.3, 0.4) is 0 Å². The average Bonchev–Trinajstić information content (AvgIpc) is 2.17. The van der Waals surface area contributed by atoms with Gasteiger partial charge in [-0.15, -0.1) is 0 Å². The van der Waals surface area contributed by atoms with Gasteiger partial charge in [-0.1, -0.05) is 39.0 Å². The van der Waals surface area contributed by atoms with E-state index in [1.807, 2.05) is 0 Å². The fourth-order valence-electron chi connectivity index (χ4n) is 1.25. The number of rotatable bonds is 7. The zero-order chi connectivity index (χ0) is 9.94. The Morgan fingerprint density at radius 3 is 2.31 bits per heavy atom. The Bertz CT molecular complexity index is 134. The molecular formula is C9H22N4. The molecule has 0 aliphatic rings. The maximum absolute atomic E-state index is 5.18. The van der Waals surface area contributed by atoms with Crippen LogP contribution in [0.5, 0.6) is 0 Å². The van der Waals surface area contributed by atoms with E-state index in [1.54, 1.807) is 0 Å². The molecule has 0 saturated carbocycles. The Kier molecular flexibility index (Phi) is 8.77. The van der Waals surface area contributed by atoms with Crippen molar-refractivity contribution >= 4 is 5.84 Å². The molecule has 0 fully saturated rings. The molecule has 13 heavy (non-hydrogen) atoms. The minimum atomic E-state index is 0.690. The molecule has 0 atom stereocenters. The van der Waals surface area contributed by atoms with Gasteiger partial charge in [-0.2, -0.15) is 5.10 Å². The van der Waals surface area contributed by atoms with E-state index in [9.17, 15) is 0 Å². The van der Waals surface area contributed by atoms with Crippen molar-refractivity contribution in [1.29, 1.82) is 0 Å². The number of hydrogen-bond donors (Lipinski definition) is 3. The normalized spacial score (nSPS) is 11.7. The lowest BCUT2D eigenvalue weighted by Gasteiger charge is -2.03. The largest absolute Gasteiger partial charge is 0.322 e. The number of nitrogens with zero attached hydrogens (tertiary/aromatic N) is 1. The molecule has 5 N–H and O–H groups in total. The fourth-order valence-corrected chi connectivity index (χ4v) is 1.25. The summed E-state index contributed by atoms with van der Waals surface area (Å²) in [4.78, 5) is 0. The fraction of sp³-hybridized carbons (Fsp3) is 0.889. The van der Waals surface area contributed by atoms with Gasteiger partial charge in [-0.25, -0.2) is 5.84 Å². The van der Waals surface area contributed by atoms with Crippen LogP contribution in [0.4, 0.5) is 0 Å². The monoisotopic (exact) mass is 186 g/mol. The Hall–Kier alpha value is -0.770. The number of unbranched alkanes of at least 4 members (excludes halogenated alkanes) is 5. The molecule has 0 unspecified atom stereocenters. The molecule has 0 heterocycles. The highest BCUT2D eigenvalue weighted by Crippen LogP contribution is 2.06. The smallest absolute Gasteiger partial charge is 0.135 e. The number of amidine groups is 1. The van der Waals surface area contributed by atoms with Crippen LogP contribution in [-0.4, -0.2) is 5.84 Å². The first-order valence-electron chi connectivity index (χ1n) is 5.08. The highest BCUT2D eigenvalue weighted by molar-refractivity contribution is 5.81. The lowest BCUT2D eigenvalue weighted by molar-refractivity contribution is 0.613. The molecule has 4 heteroatoms. The molecule has 78 valence electrons. The molecule has 0 amide bonds. The van der Waals surface area contributed by atoms with E-state index >= 15 is 0 Å². The Labute approximate surface area is 80.7 Å². The van der Waals surface area contributed by atoms with Crippen LogP contribution in [0.25, 0.3) is 0 Å². The third-order valence-electron chi connectivity index (χ3n) is 2.09. The summed E-state index contributed by atoms with van der Waals surface area (Å²) in [5.74, 6) is 11.0. The standard InChI is InChI=1S/C9H22N4/c1-2-3-4-5-6-7-8-9(12-10)13-11/h2-8,10-11H2,1H3,(H,12,13). The van der Waals surface area contributed by atoms with Crippen LogP contribution in [0.2, 0.25) is 0 Å².